The van der Waals surface area contributed by atoms with Crippen LogP contribution in [0.25, 0.3) is 0 Å². The molecule has 7 heteroatoms. The Labute approximate surface area is 116 Å². The number of para-hydroxylation sites is 1. The summed E-state index contributed by atoms with van der Waals surface area (Å²) in [5, 5.41) is 13.7. The first-order chi connectivity index (χ1) is 9.22. The van der Waals surface area contributed by atoms with E-state index in [1.165, 1.54) is 13.8 Å². The highest BCUT2D eigenvalue weighted by Crippen LogP contribution is 2.16. The van der Waals surface area contributed by atoms with E-state index in [-0.39, 0.29) is 6.42 Å². The van der Waals surface area contributed by atoms with Gasteiger partial charge in [0.15, 0.2) is 0 Å². The number of amides is 3. The number of benzene rings is 1. The van der Waals surface area contributed by atoms with Crippen molar-refractivity contribution in [2.24, 2.45) is 5.73 Å². The van der Waals surface area contributed by atoms with Gasteiger partial charge in [0.1, 0.15) is 5.54 Å². The molecule has 0 unspecified atom stereocenters. The smallest absolute Gasteiger partial charge is 0.320 e. The maximum Gasteiger partial charge on any atom is 0.320 e. The summed E-state index contributed by atoms with van der Waals surface area (Å²) in [6, 6.07) is 5.89. The van der Waals surface area contributed by atoms with Crippen molar-refractivity contribution < 1.29 is 19.5 Å². The minimum absolute atomic E-state index is 0.213. The van der Waals surface area contributed by atoms with Gasteiger partial charge in [-0.15, -0.1) is 0 Å². The number of carbonyl (C=O) groups is 3. The second-order valence-corrected chi connectivity index (χ2v) is 4.80. The first-order valence-corrected chi connectivity index (χ1v) is 5.91. The zero-order chi connectivity index (χ0) is 15.3. The molecule has 3 amide bonds. The summed E-state index contributed by atoms with van der Waals surface area (Å²) in [5.41, 5.74) is 4.78. The van der Waals surface area contributed by atoms with Crippen LogP contribution in [0.1, 0.15) is 19.4 Å². The van der Waals surface area contributed by atoms with E-state index in [0.717, 1.165) is 0 Å². The SMILES string of the molecule is CC(C)(NC(=O)Nc1ccccc1CC(=O)O)C(N)=O. The van der Waals surface area contributed by atoms with Gasteiger partial charge in [-0.25, -0.2) is 4.79 Å². The van der Waals surface area contributed by atoms with E-state index in [9.17, 15) is 14.4 Å². The highest BCUT2D eigenvalue weighted by molar-refractivity contribution is 5.95. The minimum Gasteiger partial charge on any atom is -0.481 e. The Balaban J connectivity index is 2.81. The number of carboxylic acids is 1. The summed E-state index contributed by atoms with van der Waals surface area (Å²) < 4.78 is 0. The molecule has 0 aliphatic carbocycles. The van der Waals surface area contributed by atoms with Crippen LogP contribution in [0.5, 0.6) is 0 Å². The van der Waals surface area contributed by atoms with E-state index in [0.29, 0.717) is 11.3 Å². The van der Waals surface area contributed by atoms with Gasteiger partial charge in [0, 0.05) is 5.69 Å². The number of aliphatic carboxylic acids is 1. The lowest BCUT2D eigenvalue weighted by molar-refractivity contribution is -0.136. The van der Waals surface area contributed by atoms with Crippen LogP contribution in [0.15, 0.2) is 24.3 Å². The lowest BCUT2D eigenvalue weighted by atomic mass is 10.1. The first kappa shape index (κ1) is 15.5. The molecule has 0 saturated carbocycles. The molecule has 20 heavy (non-hydrogen) atoms. The van der Waals surface area contributed by atoms with E-state index in [1.54, 1.807) is 24.3 Å². The van der Waals surface area contributed by atoms with Crippen LogP contribution in [0, 0.1) is 0 Å². The van der Waals surface area contributed by atoms with Crippen molar-refractivity contribution in [3.63, 3.8) is 0 Å². The Morgan fingerprint density at radius 3 is 2.40 bits per heavy atom. The van der Waals surface area contributed by atoms with Gasteiger partial charge < -0.3 is 21.5 Å². The molecule has 0 aliphatic rings. The second-order valence-electron chi connectivity index (χ2n) is 4.80. The van der Waals surface area contributed by atoms with E-state index in [2.05, 4.69) is 10.6 Å². The normalized spacial score (nSPS) is 10.7. The van der Waals surface area contributed by atoms with Crippen molar-refractivity contribution >= 4 is 23.6 Å². The van der Waals surface area contributed by atoms with Gasteiger partial charge in [-0.1, -0.05) is 18.2 Å². The fourth-order valence-corrected chi connectivity index (χ4v) is 1.46. The van der Waals surface area contributed by atoms with Crippen LogP contribution in [-0.4, -0.2) is 28.6 Å². The molecule has 0 radical (unpaired) electrons. The van der Waals surface area contributed by atoms with Gasteiger partial charge in [0.25, 0.3) is 0 Å². The predicted molar refractivity (Wildman–Crippen MR) is 73.2 cm³/mol. The molecule has 1 aromatic carbocycles. The van der Waals surface area contributed by atoms with Crippen LogP contribution in [-0.2, 0) is 16.0 Å². The summed E-state index contributed by atoms with van der Waals surface area (Å²) in [6.45, 7) is 2.94. The summed E-state index contributed by atoms with van der Waals surface area (Å²) >= 11 is 0. The molecular weight excluding hydrogens is 262 g/mol. The number of rotatable bonds is 5. The van der Waals surface area contributed by atoms with Gasteiger partial charge in [-0.05, 0) is 25.5 Å². The summed E-state index contributed by atoms with van der Waals surface area (Å²) in [5.74, 6) is -1.68. The lowest BCUT2D eigenvalue weighted by Crippen LogP contribution is -2.54. The number of anilines is 1. The average Bonchev–Trinajstić information content (AvgIpc) is 2.30. The van der Waals surface area contributed by atoms with Crippen LogP contribution in [0.2, 0.25) is 0 Å². The quantitative estimate of drug-likeness (QED) is 0.633. The Morgan fingerprint density at radius 2 is 1.85 bits per heavy atom. The Bertz CT molecular complexity index is 540. The van der Waals surface area contributed by atoms with Crippen LogP contribution in [0.3, 0.4) is 0 Å². The standard InChI is InChI=1S/C13H17N3O4/c1-13(2,11(14)19)16-12(20)15-9-6-4-3-5-8(9)7-10(17)18/h3-6H,7H2,1-2H3,(H2,14,19)(H,17,18)(H2,15,16,20). The van der Waals surface area contributed by atoms with Gasteiger partial charge in [-0.2, -0.15) is 0 Å². The van der Waals surface area contributed by atoms with Crippen molar-refractivity contribution in [2.75, 3.05) is 5.32 Å². The van der Waals surface area contributed by atoms with Gasteiger partial charge >= 0.3 is 12.0 Å². The number of nitrogens with two attached hydrogens (primary N) is 1. The van der Waals surface area contributed by atoms with Crippen molar-refractivity contribution in [1.29, 1.82) is 0 Å². The lowest BCUT2D eigenvalue weighted by Gasteiger charge is -2.22. The molecule has 0 aromatic heterocycles. The topological polar surface area (TPSA) is 122 Å². The van der Waals surface area contributed by atoms with Crippen molar-refractivity contribution in [3.05, 3.63) is 29.8 Å². The third-order valence-corrected chi connectivity index (χ3v) is 2.65. The molecule has 108 valence electrons. The zero-order valence-corrected chi connectivity index (χ0v) is 11.3. The monoisotopic (exact) mass is 279 g/mol. The van der Waals surface area contributed by atoms with E-state index < -0.39 is 23.4 Å². The van der Waals surface area contributed by atoms with Crippen molar-refractivity contribution in [1.82, 2.24) is 5.32 Å². The highest BCUT2D eigenvalue weighted by Gasteiger charge is 2.27. The summed E-state index contributed by atoms with van der Waals surface area (Å²) in [4.78, 5) is 33.7. The molecule has 0 saturated heterocycles. The molecule has 0 fully saturated rings. The van der Waals surface area contributed by atoms with Crippen LogP contribution in [0.4, 0.5) is 10.5 Å². The fraction of sp³-hybridized carbons (Fsp3) is 0.308. The largest absolute Gasteiger partial charge is 0.481 e. The van der Waals surface area contributed by atoms with E-state index >= 15 is 0 Å². The van der Waals surface area contributed by atoms with Crippen LogP contribution < -0.4 is 16.4 Å². The number of hydrogen-bond acceptors (Lipinski definition) is 3. The Kier molecular flexibility index (Phi) is 4.68. The Hall–Kier alpha value is -2.57. The fourth-order valence-electron chi connectivity index (χ4n) is 1.46. The number of primary amides is 1. The molecule has 0 heterocycles. The first-order valence-electron chi connectivity index (χ1n) is 5.91. The number of urea groups is 1. The average molecular weight is 279 g/mol. The molecule has 0 bridgehead atoms. The zero-order valence-electron chi connectivity index (χ0n) is 11.3. The molecule has 0 atom stereocenters. The van der Waals surface area contributed by atoms with Gasteiger partial charge in [0.2, 0.25) is 5.91 Å². The molecular formula is C13H17N3O4. The molecule has 5 N–H and O–H groups in total. The molecule has 1 rings (SSSR count). The molecule has 0 spiro atoms. The molecule has 7 nitrogen and oxygen atoms in total. The Morgan fingerprint density at radius 1 is 1.25 bits per heavy atom. The third-order valence-electron chi connectivity index (χ3n) is 2.65. The summed E-state index contributed by atoms with van der Waals surface area (Å²) in [6.07, 6.45) is -0.213. The van der Waals surface area contributed by atoms with Crippen molar-refractivity contribution in [3.8, 4) is 0 Å². The van der Waals surface area contributed by atoms with Gasteiger partial charge in [-0.3, -0.25) is 9.59 Å². The number of nitrogens with one attached hydrogen (secondary N) is 2. The predicted octanol–water partition coefficient (Wildman–Crippen LogP) is 0.699. The third kappa shape index (κ3) is 4.27. The van der Waals surface area contributed by atoms with E-state index in [1.807, 2.05) is 0 Å². The highest BCUT2D eigenvalue weighted by atomic mass is 16.4. The molecule has 0 aliphatic heterocycles. The van der Waals surface area contributed by atoms with Gasteiger partial charge in [0.05, 0.1) is 6.42 Å². The maximum absolute atomic E-state index is 11.8. The second kappa shape index (κ2) is 6.05. The molecule has 1 aromatic rings. The number of hydrogen-bond donors (Lipinski definition) is 4. The number of carbonyl (C=O) groups excluding carboxylic acids is 2. The van der Waals surface area contributed by atoms with Crippen molar-refractivity contribution in [2.45, 2.75) is 25.8 Å². The van der Waals surface area contributed by atoms with E-state index in [4.69, 9.17) is 10.8 Å². The van der Waals surface area contributed by atoms with Crippen LogP contribution >= 0.6 is 0 Å². The summed E-state index contributed by atoms with van der Waals surface area (Å²) in [7, 11) is 0. The number of carboxylic acid groups (broad SMARTS) is 1. The maximum atomic E-state index is 11.8. The minimum atomic E-state index is -1.20.